The van der Waals surface area contributed by atoms with E-state index < -0.39 is 16.0 Å². The minimum Gasteiger partial charge on any atom is -0.481 e. The molecule has 0 heterocycles. The largest absolute Gasteiger partial charge is 0.481 e. The first-order chi connectivity index (χ1) is 9.87. The molecular formula is C14H12ClNO4S. The van der Waals surface area contributed by atoms with Gasteiger partial charge in [-0.05, 0) is 42.0 Å². The van der Waals surface area contributed by atoms with Gasteiger partial charge in [0.05, 0.1) is 11.3 Å². The normalized spacial score (nSPS) is 11.1. The Hall–Kier alpha value is -2.05. The molecule has 0 aliphatic heterocycles. The molecule has 0 radical (unpaired) electrons. The minimum absolute atomic E-state index is 0.0986. The lowest BCUT2D eigenvalue weighted by atomic mass is 10.1. The van der Waals surface area contributed by atoms with Gasteiger partial charge in [-0.2, -0.15) is 0 Å². The Morgan fingerprint density at radius 2 is 1.62 bits per heavy atom. The van der Waals surface area contributed by atoms with Crippen molar-refractivity contribution in [2.24, 2.45) is 0 Å². The highest BCUT2D eigenvalue weighted by Gasteiger charge is 2.13. The van der Waals surface area contributed by atoms with Gasteiger partial charge in [0.25, 0.3) is 10.0 Å². The molecule has 2 aromatic carbocycles. The molecule has 0 saturated heterocycles. The lowest BCUT2D eigenvalue weighted by molar-refractivity contribution is -0.136. The van der Waals surface area contributed by atoms with Crippen LogP contribution in [-0.4, -0.2) is 19.5 Å². The second-order valence-corrected chi connectivity index (χ2v) is 6.45. The number of benzene rings is 2. The van der Waals surface area contributed by atoms with E-state index in [1.165, 1.54) is 36.4 Å². The van der Waals surface area contributed by atoms with Crippen LogP contribution in [0.4, 0.5) is 5.69 Å². The molecule has 0 saturated carbocycles. The average molecular weight is 326 g/mol. The van der Waals surface area contributed by atoms with Gasteiger partial charge in [0.2, 0.25) is 0 Å². The Balaban J connectivity index is 2.16. The van der Waals surface area contributed by atoms with E-state index in [-0.39, 0.29) is 11.3 Å². The maximum absolute atomic E-state index is 12.1. The van der Waals surface area contributed by atoms with E-state index >= 15 is 0 Å². The summed E-state index contributed by atoms with van der Waals surface area (Å²) in [5, 5.41) is 9.12. The molecule has 7 heteroatoms. The number of carboxylic acids is 1. The van der Waals surface area contributed by atoms with Crippen LogP contribution in [-0.2, 0) is 21.2 Å². The number of hydrogen-bond donors (Lipinski definition) is 2. The van der Waals surface area contributed by atoms with E-state index in [9.17, 15) is 13.2 Å². The van der Waals surface area contributed by atoms with Crippen LogP contribution >= 0.6 is 11.6 Å². The smallest absolute Gasteiger partial charge is 0.307 e. The predicted molar refractivity (Wildman–Crippen MR) is 80.0 cm³/mol. The van der Waals surface area contributed by atoms with Gasteiger partial charge in [-0.15, -0.1) is 0 Å². The summed E-state index contributed by atoms with van der Waals surface area (Å²) in [6, 6.07) is 12.0. The molecule has 0 atom stereocenters. The first kappa shape index (κ1) is 15.3. The number of rotatable bonds is 5. The molecule has 5 nitrogen and oxygen atoms in total. The summed E-state index contributed by atoms with van der Waals surface area (Å²) in [4.78, 5) is 10.7. The van der Waals surface area contributed by atoms with Gasteiger partial charge >= 0.3 is 5.97 Å². The summed E-state index contributed by atoms with van der Waals surface area (Å²) in [5.41, 5.74) is 0.955. The third-order valence-electron chi connectivity index (χ3n) is 2.69. The summed E-state index contributed by atoms with van der Waals surface area (Å²) in [6.45, 7) is 0. The zero-order valence-electron chi connectivity index (χ0n) is 10.8. The number of anilines is 1. The number of carbonyl (C=O) groups is 1. The fourth-order valence-corrected chi connectivity index (χ4v) is 2.88. The van der Waals surface area contributed by atoms with Crippen molar-refractivity contribution in [1.29, 1.82) is 0 Å². The van der Waals surface area contributed by atoms with Crippen molar-refractivity contribution < 1.29 is 18.3 Å². The number of sulfonamides is 1. The molecule has 0 aliphatic carbocycles. The molecular weight excluding hydrogens is 314 g/mol. The first-order valence-corrected chi connectivity index (χ1v) is 7.82. The Bertz CT molecular complexity index is 740. The number of hydrogen-bond acceptors (Lipinski definition) is 3. The van der Waals surface area contributed by atoms with Crippen LogP contribution in [0.2, 0.25) is 5.02 Å². The van der Waals surface area contributed by atoms with Crippen LogP contribution in [0.15, 0.2) is 53.4 Å². The molecule has 110 valence electrons. The molecule has 0 spiro atoms. The zero-order chi connectivity index (χ0) is 15.5. The molecule has 21 heavy (non-hydrogen) atoms. The molecule has 0 amide bonds. The van der Waals surface area contributed by atoms with Crippen molar-refractivity contribution in [2.75, 3.05) is 4.72 Å². The molecule has 2 N–H and O–H groups in total. The second-order valence-electron chi connectivity index (χ2n) is 4.33. The van der Waals surface area contributed by atoms with Gasteiger partial charge in [-0.1, -0.05) is 23.7 Å². The van der Waals surface area contributed by atoms with Crippen LogP contribution in [0.25, 0.3) is 0 Å². The second kappa shape index (κ2) is 6.15. The fourth-order valence-electron chi connectivity index (χ4n) is 1.69. The van der Waals surface area contributed by atoms with Crippen molar-refractivity contribution in [3.63, 3.8) is 0 Å². The van der Waals surface area contributed by atoms with Gasteiger partial charge in [-0.25, -0.2) is 8.42 Å². The summed E-state index contributed by atoms with van der Waals surface area (Å²) < 4.78 is 26.7. The van der Waals surface area contributed by atoms with Gasteiger partial charge in [0, 0.05) is 10.7 Å². The number of carboxylic acid groups (broad SMARTS) is 1. The van der Waals surface area contributed by atoms with Crippen LogP contribution in [0.3, 0.4) is 0 Å². The third-order valence-corrected chi connectivity index (χ3v) is 4.33. The maximum atomic E-state index is 12.1. The first-order valence-electron chi connectivity index (χ1n) is 5.96. The SMILES string of the molecule is O=C(O)Cc1ccc(NS(=O)(=O)c2ccc(Cl)cc2)cc1. The topological polar surface area (TPSA) is 83.5 Å². The van der Waals surface area contributed by atoms with E-state index in [1.807, 2.05) is 0 Å². The highest BCUT2D eigenvalue weighted by Crippen LogP contribution is 2.18. The summed E-state index contributed by atoms with van der Waals surface area (Å²) >= 11 is 5.72. The number of halogens is 1. The van der Waals surface area contributed by atoms with Gasteiger partial charge < -0.3 is 5.11 Å². The monoisotopic (exact) mass is 325 g/mol. The Kier molecular flexibility index (Phi) is 4.50. The minimum atomic E-state index is -3.69. The van der Waals surface area contributed by atoms with Crippen LogP contribution in [0, 0.1) is 0 Å². The lowest BCUT2D eigenvalue weighted by Crippen LogP contribution is -2.12. The van der Waals surface area contributed by atoms with E-state index in [0.717, 1.165) is 0 Å². The van der Waals surface area contributed by atoms with Crippen molar-refractivity contribution >= 4 is 33.3 Å². The van der Waals surface area contributed by atoms with Crippen molar-refractivity contribution in [2.45, 2.75) is 11.3 Å². The van der Waals surface area contributed by atoms with Crippen LogP contribution in [0.1, 0.15) is 5.56 Å². The molecule has 0 aromatic heterocycles. The van der Waals surface area contributed by atoms with E-state index in [2.05, 4.69) is 4.72 Å². The highest BCUT2D eigenvalue weighted by atomic mass is 35.5. The van der Waals surface area contributed by atoms with Crippen LogP contribution < -0.4 is 4.72 Å². The Morgan fingerprint density at radius 3 is 2.14 bits per heavy atom. The van der Waals surface area contributed by atoms with Crippen LogP contribution in [0.5, 0.6) is 0 Å². The highest BCUT2D eigenvalue weighted by molar-refractivity contribution is 7.92. The van der Waals surface area contributed by atoms with Crippen molar-refractivity contribution in [3.05, 3.63) is 59.1 Å². The van der Waals surface area contributed by atoms with Crippen molar-refractivity contribution in [1.82, 2.24) is 0 Å². The van der Waals surface area contributed by atoms with E-state index in [0.29, 0.717) is 16.3 Å². The number of nitrogens with one attached hydrogen (secondary N) is 1. The third kappa shape index (κ3) is 4.21. The predicted octanol–water partition coefficient (Wildman–Crippen LogP) is 2.77. The molecule has 0 aliphatic rings. The summed E-state index contributed by atoms with van der Waals surface area (Å²) in [5.74, 6) is -0.940. The average Bonchev–Trinajstić information content (AvgIpc) is 2.40. The molecule has 0 unspecified atom stereocenters. The van der Waals surface area contributed by atoms with E-state index in [1.54, 1.807) is 12.1 Å². The van der Waals surface area contributed by atoms with Gasteiger partial charge in [0.1, 0.15) is 0 Å². The van der Waals surface area contributed by atoms with Crippen molar-refractivity contribution in [3.8, 4) is 0 Å². The maximum Gasteiger partial charge on any atom is 0.307 e. The molecule has 2 rings (SSSR count). The fraction of sp³-hybridized carbons (Fsp3) is 0.0714. The standard InChI is InChI=1S/C14H12ClNO4S/c15-11-3-7-13(8-4-11)21(19,20)16-12-5-1-10(2-6-12)9-14(17)18/h1-8,16H,9H2,(H,17,18). The Morgan fingerprint density at radius 1 is 1.05 bits per heavy atom. The Labute approximate surface area is 127 Å². The summed E-state index contributed by atoms with van der Waals surface area (Å²) in [6.07, 6.45) is -0.107. The zero-order valence-corrected chi connectivity index (χ0v) is 12.4. The lowest BCUT2D eigenvalue weighted by Gasteiger charge is -2.08. The summed E-state index contributed by atoms with van der Waals surface area (Å²) in [7, 11) is -3.69. The number of aliphatic carboxylic acids is 1. The van der Waals surface area contributed by atoms with Gasteiger partial charge in [0.15, 0.2) is 0 Å². The molecule has 0 fully saturated rings. The molecule has 0 bridgehead atoms. The van der Waals surface area contributed by atoms with E-state index in [4.69, 9.17) is 16.7 Å². The quantitative estimate of drug-likeness (QED) is 0.885. The molecule has 2 aromatic rings. The van der Waals surface area contributed by atoms with Gasteiger partial charge in [-0.3, -0.25) is 9.52 Å².